The summed E-state index contributed by atoms with van der Waals surface area (Å²) in [6.07, 6.45) is 6.78. The molecule has 1 amide bonds. The highest BCUT2D eigenvalue weighted by Crippen LogP contribution is 2.47. The maximum Gasteiger partial charge on any atom is 0.272 e. The van der Waals surface area contributed by atoms with Crippen LogP contribution >= 0.6 is 15.9 Å². The molecule has 0 saturated carbocycles. The third-order valence-corrected chi connectivity index (χ3v) is 5.94. The fourth-order valence-corrected chi connectivity index (χ4v) is 4.46. The van der Waals surface area contributed by atoms with Gasteiger partial charge in [0.1, 0.15) is 5.82 Å². The summed E-state index contributed by atoms with van der Waals surface area (Å²) in [6, 6.07) is 3.79. The van der Waals surface area contributed by atoms with Crippen molar-refractivity contribution in [3.8, 4) is 0 Å². The molecule has 7 nitrogen and oxygen atoms in total. The van der Waals surface area contributed by atoms with Crippen molar-refractivity contribution in [2.45, 2.75) is 52.5 Å². The topological polar surface area (TPSA) is 99.8 Å². The summed E-state index contributed by atoms with van der Waals surface area (Å²) in [6.45, 7) is 7.99. The number of hydrogen-bond donors (Lipinski definition) is 3. The van der Waals surface area contributed by atoms with Crippen LogP contribution in [-0.4, -0.2) is 32.9 Å². The minimum atomic E-state index is -0.382. The predicted molar refractivity (Wildman–Crippen MR) is 124 cm³/mol. The number of carbonyl (C=O) groups is 2. The van der Waals surface area contributed by atoms with Crippen LogP contribution in [0.25, 0.3) is 6.08 Å². The van der Waals surface area contributed by atoms with Gasteiger partial charge in [0.15, 0.2) is 11.5 Å². The Morgan fingerprint density at radius 2 is 2.10 bits per heavy atom. The van der Waals surface area contributed by atoms with E-state index in [0.717, 1.165) is 22.3 Å². The Morgan fingerprint density at radius 3 is 2.77 bits per heavy atom. The van der Waals surface area contributed by atoms with E-state index < -0.39 is 0 Å². The van der Waals surface area contributed by atoms with Gasteiger partial charge in [0.2, 0.25) is 0 Å². The van der Waals surface area contributed by atoms with E-state index in [1.807, 2.05) is 38.1 Å². The highest BCUT2D eigenvalue weighted by Gasteiger charge is 2.41. The molecule has 4 rings (SSSR count). The Bertz CT molecular complexity index is 1100. The number of nitrogens with zero attached hydrogens (tertiary/aromatic N) is 2. The van der Waals surface area contributed by atoms with Gasteiger partial charge in [0.25, 0.3) is 5.91 Å². The van der Waals surface area contributed by atoms with Crippen molar-refractivity contribution in [2.24, 2.45) is 5.41 Å². The molecule has 1 atom stereocenters. The van der Waals surface area contributed by atoms with Crippen molar-refractivity contribution in [1.29, 1.82) is 0 Å². The van der Waals surface area contributed by atoms with Crippen molar-refractivity contribution in [1.82, 2.24) is 20.5 Å². The number of aromatic amines is 1. The van der Waals surface area contributed by atoms with Gasteiger partial charge in [0, 0.05) is 45.9 Å². The zero-order valence-electron chi connectivity index (χ0n) is 18.0. The van der Waals surface area contributed by atoms with E-state index in [9.17, 15) is 9.59 Å². The van der Waals surface area contributed by atoms with Gasteiger partial charge in [-0.25, -0.2) is 0 Å². The SMILES string of the molecule is CC(C)NC(=O)c1n[nH]c2c1C(/C=C/c1ccc(Br)cn1)C1=C(CC(C)(C)CC1=O)N2. The van der Waals surface area contributed by atoms with Crippen molar-refractivity contribution in [2.75, 3.05) is 5.32 Å². The number of nitrogens with one attached hydrogen (secondary N) is 3. The molecular weight excluding hydrogens is 458 g/mol. The molecule has 0 radical (unpaired) electrons. The second kappa shape index (κ2) is 8.07. The lowest BCUT2D eigenvalue weighted by atomic mass is 9.70. The average Bonchev–Trinajstić information content (AvgIpc) is 3.09. The largest absolute Gasteiger partial charge is 0.348 e. The van der Waals surface area contributed by atoms with Crippen LogP contribution in [0.5, 0.6) is 0 Å². The Labute approximate surface area is 189 Å². The number of carbonyl (C=O) groups excluding carboxylic acids is 2. The zero-order valence-corrected chi connectivity index (χ0v) is 19.6. The molecule has 1 unspecified atom stereocenters. The Balaban J connectivity index is 1.81. The first-order valence-electron chi connectivity index (χ1n) is 10.4. The fraction of sp³-hybridized carbons (Fsp3) is 0.391. The lowest BCUT2D eigenvalue weighted by molar-refractivity contribution is -0.118. The first-order chi connectivity index (χ1) is 14.6. The summed E-state index contributed by atoms with van der Waals surface area (Å²) < 4.78 is 0.894. The molecular formula is C23H26BrN5O2. The first-order valence-corrected chi connectivity index (χ1v) is 11.2. The quantitative estimate of drug-likeness (QED) is 0.591. The molecule has 0 saturated heterocycles. The third kappa shape index (κ3) is 4.35. The minimum Gasteiger partial charge on any atom is -0.348 e. The Kier molecular flexibility index (Phi) is 5.60. The van der Waals surface area contributed by atoms with Crippen LogP contribution in [-0.2, 0) is 4.79 Å². The maximum absolute atomic E-state index is 13.2. The number of rotatable bonds is 4. The molecule has 162 valence electrons. The standard InChI is InChI=1S/C23H26BrN5O2/c1-12(2)26-22(31)20-19-15(8-7-14-6-5-13(24)11-25-14)18-16(27-21(19)29-28-20)9-23(3,4)10-17(18)30/h5-8,11-12,15H,9-10H2,1-4H3,(H,26,31)(H2,27,28,29)/b8-7+. The van der Waals surface area contributed by atoms with Crippen LogP contribution in [0.3, 0.4) is 0 Å². The summed E-state index contributed by atoms with van der Waals surface area (Å²) in [7, 11) is 0. The highest BCUT2D eigenvalue weighted by atomic mass is 79.9. The maximum atomic E-state index is 13.2. The second-order valence-corrected chi connectivity index (χ2v) is 10.1. The molecule has 0 bridgehead atoms. The number of ketones is 1. The normalized spacial score (nSPS) is 19.9. The van der Waals surface area contributed by atoms with Crippen LogP contribution in [0.4, 0.5) is 5.82 Å². The lowest BCUT2D eigenvalue weighted by Gasteiger charge is -2.37. The molecule has 3 heterocycles. The van der Waals surface area contributed by atoms with E-state index in [1.165, 1.54) is 0 Å². The lowest BCUT2D eigenvalue weighted by Crippen LogP contribution is -2.35. The van der Waals surface area contributed by atoms with Crippen LogP contribution in [0, 0.1) is 5.41 Å². The van der Waals surface area contributed by atoms with Crippen LogP contribution in [0.1, 0.15) is 68.2 Å². The van der Waals surface area contributed by atoms with Gasteiger partial charge in [-0.15, -0.1) is 0 Å². The average molecular weight is 484 g/mol. The van der Waals surface area contributed by atoms with Gasteiger partial charge in [-0.2, -0.15) is 5.10 Å². The number of aromatic nitrogens is 3. The minimum absolute atomic E-state index is 0.0238. The third-order valence-electron chi connectivity index (χ3n) is 5.47. The number of Topliss-reactive ketones (excluding diaryl/α,β-unsaturated/α-hetero) is 1. The number of H-pyrrole nitrogens is 1. The second-order valence-electron chi connectivity index (χ2n) is 9.19. The Morgan fingerprint density at radius 1 is 1.32 bits per heavy atom. The number of hydrogen-bond acceptors (Lipinski definition) is 5. The predicted octanol–water partition coefficient (Wildman–Crippen LogP) is 4.57. The monoisotopic (exact) mass is 483 g/mol. The van der Waals surface area contributed by atoms with Crippen LogP contribution in [0.2, 0.25) is 0 Å². The van der Waals surface area contributed by atoms with Gasteiger partial charge < -0.3 is 10.6 Å². The number of amides is 1. The van der Waals surface area contributed by atoms with E-state index in [0.29, 0.717) is 29.1 Å². The summed E-state index contributed by atoms with van der Waals surface area (Å²) in [5.41, 5.74) is 3.24. The van der Waals surface area contributed by atoms with Crippen molar-refractivity contribution in [3.63, 3.8) is 0 Å². The van der Waals surface area contributed by atoms with E-state index in [4.69, 9.17) is 0 Å². The number of anilines is 1. The first kappa shape index (κ1) is 21.5. The molecule has 1 aliphatic carbocycles. The van der Waals surface area contributed by atoms with Crippen LogP contribution < -0.4 is 10.6 Å². The summed E-state index contributed by atoms with van der Waals surface area (Å²) in [4.78, 5) is 30.4. The molecule has 0 fully saturated rings. The molecule has 2 aliphatic rings. The molecule has 2 aromatic rings. The Hall–Kier alpha value is -2.74. The van der Waals surface area contributed by atoms with Crippen molar-refractivity contribution >= 4 is 39.5 Å². The van der Waals surface area contributed by atoms with Crippen molar-refractivity contribution in [3.05, 3.63) is 57.1 Å². The molecule has 8 heteroatoms. The molecule has 1 aliphatic heterocycles. The van der Waals surface area contributed by atoms with E-state index in [2.05, 4.69) is 55.6 Å². The number of halogens is 1. The summed E-state index contributed by atoms with van der Waals surface area (Å²) in [5, 5.41) is 13.5. The number of pyridine rings is 1. The highest BCUT2D eigenvalue weighted by molar-refractivity contribution is 9.10. The number of fused-ring (bicyclic) bond motifs is 1. The summed E-state index contributed by atoms with van der Waals surface area (Å²) >= 11 is 3.39. The van der Waals surface area contributed by atoms with Gasteiger partial charge in [-0.05, 0) is 59.8 Å². The summed E-state index contributed by atoms with van der Waals surface area (Å²) in [5.74, 6) is 0.116. The molecule has 3 N–H and O–H groups in total. The molecule has 0 spiro atoms. The number of allylic oxidation sites excluding steroid dienone is 3. The van der Waals surface area contributed by atoms with Gasteiger partial charge in [-0.3, -0.25) is 19.7 Å². The fourth-order valence-electron chi connectivity index (χ4n) is 4.23. The van der Waals surface area contributed by atoms with Gasteiger partial charge in [0.05, 0.1) is 5.69 Å². The van der Waals surface area contributed by atoms with Gasteiger partial charge >= 0.3 is 0 Å². The van der Waals surface area contributed by atoms with E-state index in [1.54, 1.807) is 6.20 Å². The van der Waals surface area contributed by atoms with E-state index in [-0.39, 0.29) is 29.1 Å². The zero-order chi connectivity index (χ0) is 22.3. The smallest absolute Gasteiger partial charge is 0.272 e. The molecule has 31 heavy (non-hydrogen) atoms. The molecule has 2 aromatic heterocycles. The van der Waals surface area contributed by atoms with Crippen molar-refractivity contribution < 1.29 is 9.59 Å². The van der Waals surface area contributed by atoms with Crippen LogP contribution in [0.15, 0.2) is 40.1 Å². The van der Waals surface area contributed by atoms with Gasteiger partial charge in [-0.1, -0.05) is 19.9 Å². The molecule has 0 aromatic carbocycles. The van der Waals surface area contributed by atoms with E-state index >= 15 is 0 Å².